The summed E-state index contributed by atoms with van der Waals surface area (Å²) in [6.07, 6.45) is 0. The molecule has 0 unspecified atom stereocenters. The highest BCUT2D eigenvalue weighted by atomic mass is 28.2. The molecular formula is C2H4AlSi. The van der Waals surface area contributed by atoms with E-state index in [2.05, 4.69) is 11.4 Å². The Morgan fingerprint density at radius 2 is 1.50 bits per heavy atom. The summed E-state index contributed by atoms with van der Waals surface area (Å²) < 4.78 is 0. The van der Waals surface area contributed by atoms with Crippen molar-refractivity contribution in [2.24, 2.45) is 0 Å². The van der Waals surface area contributed by atoms with Crippen molar-refractivity contribution in [2.45, 2.75) is 0 Å². The van der Waals surface area contributed by atoms with E-state index < -0.39 is 0 Å². The fourth-order valence-corrected chi connectivity index (χ4v) is 0. The van der Waals surface area contributed by atoms with Gasteiger partial charge in [-0.05, 0) is 0 Å². The van der Waals surface area contributed by atoms with Gasteiger partial charge in [0.1, 0.15) is 0 Å². The molecule has 0 spiro atoms. The van der Waals surface area contributed by atoms with Gasteiger partial charge < -0.3 is 0 Å². The Hall–Kier alpha value is 0.489. The first-order chi connectivity index (χ1) is 1.50. The maximum absolute atomic E-state index is 2.26. The summed E-state index contributed by atoms with van der Waals surface area (Å²) in [4.78, 5) is 0. The van der Waals surface area contributed by atoms with Crippen LogP contribution in [0.25, 0.3) is 0 Å². The van der Waals surface area contributed by atoms with Crippen LogP contribution in [0.1, 0.15) is 0 Å². The van der Waals surface area contributed by atoms with Gasteiger partial charge in [-0.15, -0.1) is 11.4 Å². The monoisotopic (exact) mass is 83.0 g/mol. The average molecular weight is 83.1 g/mol. The molecule has 0 fully saturated rings. The van der Waals surface area contributed by atoms with E-state index in [4.69, 9.17) is 0 Å². The van der Waals surface area contributed by atoms with Gasteiger partial charge in [0.05, 0.1) is 9.52 Å². The maximum Gasteiger partial charge on any atom is 0.0673 e. The van der Waals surface area contributed by atoms with E-state index >= 15 is 0 Å². The predicted molar refractivity (Wildman–Crippen MR) is 23.4 cm³/mol. The minimum absolute atomic E-state index is 0. The zero-order chi connectivity index (χ0) is 2.12. The SMILES string of the molecule is C1=C[SiH2]1.[Al]. The van der Waals surface area contributed by atoms with Crippen LogP contribution in [-0.4, -0.2) is 26.9 Å². The fourth-order valence-electron chi connectivity index (χ4n) is 0. The summed E-state index contributed by atoms with van der Waals surface area (Å²) in [6.45, 7) is 0. The lowest BCUT2D eigenvalue weighted by Gasteiger charge is -1.10. The first-order valence-corrected chi connectivity index (χ1v) is 2.78. The Labute approximate surface area is 38.9 Å². The Balaban J connectivity index is 0.0000000900. The molecule has 0 saturated heterocycles. The van der Waals surface area contributed by atoms with Gasteiger partial charge in [-0.25, -0.2) is 0 Å². The van der Waals surface area contributed by atoms with Crippen molar-refractivity contribution in [2.75, 3.05) is 0 Å². The molecule has 19 valence electrons. The predicted octanol–water partition coefficient (Wildman–Crippen LogP) is -0.741. The van der Waals surface area contributed by atoms with Crippen LogP contribution in [0.4, 0.5) is 0 Å². The molecule has 3 radical (unpaired) electrons. The van der Waals surface area contributed by atoms with E-state index in [1.54, 1.807) is 0 Å². The highest BCUT2D eigenvalue weighted by Crippen LogP contribution is 1.79. The third-order valence-corrected chi connectivity index (χ3v) is 0.707. The molecule has 1 aliphatic heterocycles. The smallest absolute Gasteiger partial charge is 0.0673 e. The molecule has 2 heteroatoms. The fraction of sp³-hybridized carbons (Fsp3) is 0. The molecule has 0 aromatic carbocycles. The molecule has 0 aliphatic carbocycles. The van der Waals surface area contributed by atoms with Crippen LogP contribution in [0.3, 0.4) is 0 Å². The molecule has 0 bridgehead atoms. The van der Waals surface area contributed by atoms with Crippen molar-refractivity contribution >= 4 is 26.9 Å². The Morgan fingerprint density at radius 1 is 1.25 bits per heavy atom. The van der Waals surface area contributed by atoms with Gasteiger partial charge in [0, 0.05) is 17.4 Å². The van der Waals surface area contributed by atoms with E-state index in [0.717, 1.165) is 0 Å². The summed E-state index contributed by atoms with van der Waals surface area (Å²) in [5.74, 6) is 0. The van der Waals surface area contributed by atoms with Crippen molar-refractivity contribution in [1.29, 1.82) is 0 Å². The van der Waals surface area contributed by atoms with E-state index in [0.29, 0.717) is 9.52 Å². The van der Waals surface area contributed by atoms with E-state index in [9.17, 15) is 0 Å². The summed E-state index contributed by atoms with van der Waals surface area (Å²) in [6, 6.07) is 0. The second kappa shape index (κ2) is 1.78. The van der Waals surface area contributed by atoms with Crippen LogP contribution in [0.2, 0.25) is 0 Å². The van der Waals surface area contributed by atoms with Crippen LogP contribution in [0.5, 0.6) is 0 Å². The molecule has 1 rings (SSSR count). The van der Waals surface area contributed by atoms with Crippen molar-refractivity contribution in [3.8, 4) is 0 Å². The molecule has 0 saturated carbocycles. The highest BCUT2D eigenvalue weighted by Gasteiger charge is 1.77. The summed E-state index contributed by atoms with van der Waals surface area (Å²) in [7, 11) is 0.417. The van der Waals surface area contributed by atoms with Gasteiger partial charge >= 0.3 is 0 Å². The Morgan fingerprint density at radius 3 is 1.50 bits per heavy atom. The van der Waals surface area contributed by atoms with E-state index in [1.807, 2.05) is 0 Å². The minimum atomic E-state index is 0. The third-order valence-electron chi connectivity index (χ3n) is 0.236. The van der Waals surface area contributed by atoms with Crippen LogP contribution in [0.15, 0.2) is 11.4 Å². The zero-order valence-corrected chi connectivity index (χ0v) is 5.01. The van der Waals surface area contributed by atoms with Gasteiger partial charge in [0.2, 0.25) is 0 Å². The first kappa shape index (κ1) is 4.49. The quantitative estimate of drug-likeness (QED) is 0.338. The van der Waals surface area contributed by atoms with Gasteiger partial charge in [0.25, 0.3) is 0 Å². The lowest BCUT2D eigenvalue weighted by molar-refractivity contribution is 2.81. The van der Waals surface area contributed by atoms with Crippen molar-refractivity contribution in [1.82, 2.24) is 0 Å². The zero-order valence-electron chi connectivity index (χ0n) is 2.44. The summed E-state index contributed by atoms with van der Waals surface area (Å²) >= 11 is 0. The van der Waals surface area contributed by atoms with Crippen LogP contribution >= 0.6 is 0 Å². The molecule has 4 heavy (non-hydrogen) atoms. The molecule has 0 aromatic heterocycles. The van der Waals surface area contributed by atoms with E-state index in [-0.39, 0.29) is 17.4 Å². The summed E-state index contributed by atoms with van der Waals surface area (Å²) in [5, 5.41) is 0. The lowest BCUT2D eigenvalue weighted by atomic mass is 11.3. The van der Waals surface area contributed by atoms with Gasteiger partial charge in [0.15, 0.2) is 0 Å². The second-order valence-corrected chi connectivity index (χ2v) is 2.12. The highest BCUT2D eigenvalue weighted by molar-refractivity contribution is 6.60. The number of hydrogen-bond acceptors (Lipinski definition) is 0. The average Bonchev–Trinajstić information content (AvgIpc) is 1.46. The van der Waals surface area contributed by atoms with Crippen LogP contribution in [-0.2, 0) is 0 Å². The van der Waals surface area contributed by atoms with Gasteiger partial charge in [-0.1, -0.05) is 0 Å². The van der Waals surface area contributed by atoms with Crippen molar-refractivity contribution < 1.29 is 0 Å². The molecule has 1 aliphatic rings. The molecule has 0 atom stereocenters. The van der Waals surface area contributed by atoms with Crippen molar-refractivity contribution in [3.05, 3.63) is 11.4 Å². The number of rotatable bonds is 0. The lowest BCUT2D eigenvalue weighted by Crippen LogP contribution is -1.30. The standard InChI is InChI=1S/C2H4Si.Al/c1-2-3-1;/h1-2H,3H2;. The normalized spacial score (nSPS) is 14.0. The maximum atomic E-state index is 2.26. The minimum Gasteiger partial charge on any atom is -0.105 e. The summed E-state index contributed by atoms with van der Waals surface area (Å²) in [5.41, 5.74) is 4.53. The number of hydrogen-bond donors (Lipinski definition) is 0. The molecule has 0 N–H and O–H groups in total. The first-order valence-electron chi connectivity index (χ1n) is 1.15. The second-order valence-electron chi connectivity index (χ2n) is 0.707. The molecule has 0 amide bonds. The molecular weight excluding hydrogens is 79.1 g/mol. The Bertz CT molecular complexity index is 29.0. The molecule has 1 heterocycles. The van der Waals surface area contributed by atoms with E-state index in [1.165, 1.54) is 0 Å². The third kappa shape index (κ3) is 2.49. The largest absolute Gasteiger partial charge is 0.105 e. The van der Waals surface area contributed by atoms with Crippen LogP contribution in [0, 0.1) is 0 Å². The Kier molecular flexibility index (Phi) is 1.99. The van der Waals surface area contributed by atoms with Gasteiger partial charge in [-0.3, -0.25) is 0 Å². The van der Waals surface area contributed by atoms with Crippen molar-refractivity contribution in [3.63, 3.8) is 0 Å². The molecule has 0 nitrogen and oxygen atoms in total. The van der Waals surface area contributed by atoms with Gasteiger partial charge in [-0.2, -0.15) is 0 Å². The topological polar surface area (TPSA) is 0 Å². The van der Waals surface area contributed by atoms with Crippen LogP contribution < -0.4 is 0 Å². The molecule has 0 aromatic rings.